The van der Waals surface area contributed by atoms with Gasteiger partial charge < -0.3 is 10.2 Å². The molecule has 0 aliphatic carbocycles. The highest BCUT2D eigenvalue weighted by Crippen LogP contribution is 2.10. The Morgan fingerprint density at radius 1 is 1.65 bits per heavy atom. The molecule has 17 heavy (non-hydrogen) atoms. The van der Waals surface area contributed by atoms with Crippen molar-refractivity contribution < 1.29 is 9.18 Å². The Morgan fingerprint density at radius 3 is 3.18 bits per heavy atom. The number of rotatable bonds is 1. The van der Waals surface area contributed by atoms with Gasteiger partial charge in [0.1, 0.15) is 11.9 Å². The molecule has 1 aromatic rings. The summed E-state index contributed by atoms with van der Waals surface area (Å²) in [5, 5.41) is 12.0. The zero-order valence-electron chi connectivity index (χ0n) is 9.06. The van der Waals surface area contributed by atoms with E-state index in [1.54, 1.807) is 0 Å². The van der Waals surface area contributed by atoms with Crippen LogP contribution in [0, 0.1) is 17.1 Å². The summed E-state index contributed by atoms with van der Waals surface area (Å²) in [5.74, 6) is -0.912. The predicted molar refractivity (Wildman–Crippen MR) is 57.5 cm³/mol. The molecule has 0 bridgehead atoms. The number of carbonyl (C=O) groups excluding carboxylic acids is 1. The summed E-state index contributed by atoms with van der Waals surface area (Å²) in [6.07, 6.45) is 2.35. The minimum absolute atomic E-state index is 0.173. The van der Waals surface area contributed by atoms with Crippen LogP contribution in [0.5, 0.6) is 0 Å². The van der Waals surface area contributed by atoms with Gasteiger partial charge >= 0.3 is 0 Å². The molecule has 1 saturated heterocycles. The number of halogens is 1. The fourth-order valence-corrected chi connectivity index (χ4v) is 1.76. The number of nitriles is 1. The van der Waals surface area contributed by atoms with Crippen molar-refractivity contribution in [1.29, 1.82) is 5.26 Å². The fourth-order valence-electron chi connectivity index (χ4n) is 1.76. The molecule has 2 heterocycles. The van der Waals surface area contributed by atoms with E-state index in [1.165, 1.54) is 11.1 Å². The lowest BCUT2D eigenvalue weighted by Crippen LogP contribution is -2.53. The van der Waals surface area contributed by atoms with E-state index in [2.05, 4.69) is 10.3 Å². The van der Waals surface area contributed by atoms with E-state index in [0.717, 1.165) is 12.3 Å². The summed E-state index contributed by atoms with van der Waals surface area (Å²) in [5.41, 5.74) is 0.173. The van der Waals surface area contributed by atoms with Crippen molar-refractivity contribution >= 4 is 5.91 Å². The Bertz CT molecular complexity index is 471. The van der Waals surface area contributed by atoms with E-state index in [0.29, 0.717) is 19.6 Å². The first-order valence-corrected chi connectivity index (χ1v) is 5.24. The molecule has 6 heteroatoms. The maximum absolute atomic E-state index is 13.0. The summed E-state index contributed by atoms with van der Waals surface area (Å²) in [6, 6.07) is 2.66. The lowest BCUT2D eigenvalue weighted by Gasteiger charge is -2.31. The van der Waals surface area contributed by atoms with Crippen molar-refractivity contribution in [3.63, 3.8) is 0 Å². The standard InChI is InChI=1S/C11H11FN4O/c12-9-3-8(5-15-6-9)11(17)16-2-1-14-7-10(16)4-13/h3,5-6,10,14H,1-2,7H2. The Labute approximate surface area is 97.9 Å². The van der Waals surface area contributed by atoms with Gasteiger partial charge in [0.15, 0.2) is 0 Å². The average molecular weight is 234 g/mol. The molecule has 0 saturated carbocycles. The fraction of sp³-hybridized carbons (Fsp3) is 0.364. The van der Waals surface area contributed by atoms with Gasteiger partial charge in [-0.15, -0.1) is 0 Å². The third kappa shape index (κ3) is 2.40. The first-order valence-electron chi connectivity index (χ1n) is 5.24. The van der Waals surface area contributed by atoms with Gasteiger partial charge in [0.25, 0.3) is 5.91 Å². The zero-order chi connectivity index (χ0) is 12.3. The molecule has 88 valence electrons. The maximum atomic E-state index is 13.0. The van der Waals surface area contributed by atoms with Crippen molar-refractivity contribution in [1.82, 2.24) is 15.2 Å². The molecule has 0 radical (unpaired) electrons. The van der Waals surface area contributed by atoms with Crippen LogP contribution in [0.1, 0.15) is 10.4 Å². The van der Waals surface area contributed by atoms with Crippen LogP contribution in [0.15, 0.2) is 18.5 Å². The quantitative estimate of drug-likeness (QED) is 0.751. The largest absolute Gasteiger partial charge is 0.320 e. The lowest BCUT2D eigenvalue weighted by molar-refractivity contribution is 0.0686. The molecule has 2 rings (SSSR count). The number of amides is 1. The summed E-state index contributed by atoms with van der Waals surface area (Å²) < 4.78 is 13.0. The molecular formula is C11H11FN4O. The highest BCUT2D eigenvalue weighted by Gasteiger charge is 2.27. The first-order chi connectivity index (χ1) is 8.22. The van der Waals surface area contributed by atoms with E-state index in [9.17, 15) is 9.18 Å². The average Bonchev–Trinajstić information content (AvgIpc) is 2.38. The highest BCUT2D eigenvalue weighted by molar-refractivity contribution is 5.94. The van der Waals surface area contributed by atoms with Gasteiger partial charge in [0.05, 0.1) is 17.8 Å². The summed E-state index contributed by atoms with van der Waals surface area (Å²) in [4.78, 5) is 17.1. The van der Waals surface area contributed by atoms with Crippen LogP contribution in [0.25, 0.3) is 0 Å². The second-order valence-electron chi connectivity index (χ2n) is 3.74. The Balaban J connectivity index is 2.22. The van der Waals surface area contributed by atoms with E-state index in [1.807, 2.05) is 6.07 Å². The van der Waals surface area contributed by atoms with Crippen LogP contribution in [0.2, 0.25) is 0 Å². The molecule has 0 spiro atoms. The van der Waals surface area contributed by atoms with Gasteiger partial charge in [-0.25, -0.2) is 4.39 Å². The van der Waals surface area contributed by atoms with E-state index in [-0.39, 0.29) is 11.5 Å². The number of piperazine rings is 1. The molecule has 1 amide bonds. The van der Waals surface area contributed by atoms with Crippen molar-refractivity contribution in [2.45, 2.75) is 6.04 Å². The Kier molecular flexibility index (Phi) is 3.30. The van der Waals surface area contributed by atoms with E-state index >= 15 is 0 Å². The number of pyridine rings is 1. The number of aromatic nitrogens is 1. The highest BCUT2D eigenvalue weighted by atomic mass is 19.1. The number of nitrogens with zero attached hydrogens (tertiary/aromatic N) is 3. The third-order valence-electron chi connectivity index (χ3n) is 2.61. The molecule has 1 aromatic heterocycles. The number of nitrogens with one attached hydrogen (secondary N) is 1. The molecule has 1 unspecified atom stereocenters. The second-order valence-corrected chi connectivity index (χ2v) is 3.74. The van der Waals surface area contributed by atoms with Gasteiger partial charge in [0, 0.05) is 25.8 Å². The topological polar surface area (TPSA) is 69.0 Å². The van der Waals surface area contributed by atoms with Crippen molar-refractivity contribution in [3.05, 3.63) is 29.8 Å². The van der Waals surface area contributed by atoms with Crippen LogP contribution in [-0.2, 0) is 0 Å². The van der Waals surface area contributed by atoms with Crippen molar-refractivity contribution in [3.8, 4) is 6.07 Å². The summed E-state index contributed by atoms with van der Waals surface area (Å²) >= 11 is 0. The third-order valence-corrected chi connectivity index (χ3v) is 2.61. The van der Waals surface area contributed by atoms with E-state index in [4.69, 9.17) is 5.26 Å². The minimum atomic E-state index is -0.556. The SMILES string of the molecule is N#CC1CNCCN1C(=O)c1cncc(F)c1. The predicted octanol–water partition coefficient (Wildman–Crippen LogP) is 0.158. The van der Waals surface area contributed by atoms with Crippen LogP contribution in [0.4, 0.5) is 4.39 Å². The summed E-state index contributed by atoms with van der Waals surface area (Å²) in [6.45, 7) is 1.51. The van der Waals surface area contributed by atoms with Gasteiger partial charge in [0.2, 0.25) is 0 Å². The smallest absolute Gasteiger partial charge is 0.256 e. The Hall–Kier alpha value is -2.00. The molecule has 1 aliphatic rings. The molecule has 0 aromatic carbocycles. The molecule has 1 aliphatic heterocycles. The van der Waals surface area contributed by atoms with Crippen LogP contribution >= 0.6 is 0 Å². The minimum Gasteiger partial charge on any atom is -0.320 e. The van der Waals surface area contributed by atoms with Gasteiger partial charge in [-0.1, -0.05) is 0 Å². The van der Waals surface area contributed by atoms with Gasteiger partial charge in [-0.2, -0.15) is 5.26 Å². The summed E-state index contributed by atoms with van der Waals surface area (Å²) in [7, 11) is 0. The lowest BCUT2D eigenvalue weighted by atomic mass is 10.1. The van der Waals surface area contributed by atoms with Crippen molar-refractivity contribution in [2.24, 2.45) is 0 Å². The van der Waals surface area contributed by atoms with E-state index < -0.39 is 11.9 Å². The van der Waals surface area contributed by atoms with Crippen molar-refractivity contribution in [2.75, 3.05) is 19.6 Å². The molecular weight excluding hydrogens is 223 g/mol. The normalized spacial score (nSPS) is 19.8. The van der Waals surface area contributed by atoms with Gasteiger partial charge in [-0.05, 0) is 6.07 Å². The second kappa shape index (κ2) is 4.89. The molecule has 1 fully saturated rings. The molecule has 1 atom stereocenters. The first kappa shape index (κ1) is 11.5. The van der Waals surface area contributed by atoms with Crippen LogP contribution in [-0.4, -0.2) is 41.5 Å². The molecule has 5 nitrogen and oxygen atoms in total. The Morgan fingerprint density at radius 2 is 2.47 bits per heavy atom. The van der Waals surface area contributed by atoms with Crippen LogP contribution in [0.3, 0.4) is 0 Å². The number of carbonyl (C=O) groups is 1. The van der Waals surface area contributed by atoms with Crippen LogP contribution < -0.4 is 5.32 Å². The zero-order valence-corrected chi connectivity index (χ0v) is 9.06. The monoisotopic (exact) mass is 234 g/mol. The van der Waals surface area contributed by atoms with Gasteiger partial charge in [-0.3, -0.25) is 9.78 Å². The maximum Gasteiger partial charge on any atom is 0.256 e. The number of hydrogen-bond acceptors (Lipinski definition) is 4. The number of hydrogen-bond donors (Lipinski definition) is 1. The molecule has 1 N–H and O–H groups in total.